The van der Waals surface area contributed by atoms with Crippen LogP contribution in [-0.2, 0) is 0 Å². The van der Waals surface area contributed by atoms with E-state index in [1.54, 1.807) is 0 Å². The third-order valence-electron chi connectivity index (χ3n) is 5.18. The van der Waals surface area contributed by atoms with Crippen molar-refractivity contribution in [3.05, 3.63) is 0 Å². The number of hydrogen-bond donors (Lipinski definition) is 1. The van der Waals surface area contributed by atoms with E-state index in [-0.39, 0.29) is 0 Å². The summed E-state index contributed by atoms with van der Waals surface area (Å²) < 4.78 is 0. The van der Waals surface area contributed by atoms with Crippen LogP contribution in [0.3, 0.4) is 0 Å². The largest absolute Gasteiger partial charge is 0.317 e. The van der Waals surface area contributed by atoms with Crippen molar-refractivity contribution in [1.29, 1.82) is 0 Å². The summed E-state index contributed by atoms with van der Waals surface area (Å²) >= 11 is 0. The Hall–Kier alpha value is -0.0800. The van der Waals surface area contributed by atoms with E-state index in [9.17, 15) is 0 Å². The predicted octanol–water partition coefficient (Wildman–Crippen LogP) is 3.28. The minimum Gasteiger partial charge on any atom is -0.317 e. The summed E-state index contributed by atoms with van der Waals surface area (Å²) in [5.41, 5.74) is 0. The number of hydrogen-bond acceptors (Lipinski definition) is 2. The van der Waals surface area contributed by atoms with Crippen LogP contribution >= 0.6 is 0 Å². The van der Waals surface area contributed by atoms with Crippen molar-refractivity contribution in [3.8, 4) is 0 Å². The molecule has 0 aromatic heterocycles. The lowest BCUT2D eigenvalue weighted by atomic mass is 9.82. The Bertz CT molecular complexity index is 221. The van der Waals surface area contributed by atoms with Gasteiger partial charge in [-0.25, -0.2) is 0 Å². The number of likely N-dealkylation sites (tertiary alicyclic amines) is 1. The van der Waals surface area contributed by atoms with Crippen LogP contribution in [0, 0.1) is 11.8 Å². The van der Waals surface area contributed by atoms with Crippen molar-refractivity contribution >= 4 is 0 Å². The molecule has 1 aliphatic heterocycles. The van der Waals surface area contributed by atoms with Crippen LogP contribution in [0.4, 0.5) is 0 Å². The van der Waals surface area contributed by atoms with Crippen LogP contribution in [0.5, 0.6) is 0 Å². The first-order valence-electron chi connectivity index (χ1n) is 8.28. The maximum Gasteiger partial charge on any atom is 0.00978 e. The molecule has 0 bridgehead atoms. The van der Waals surface area contributed by atoms with Crippen LogP contribution in [0.1, 0.15) is 58.8 Å². The van der Waals surface area contributed by atoms with Gasteiger partial charge in [0.25, 0.3) is 0 Å². The molecule has 2 heteroatoms. The highest BCUT2D eigenvalue weighted by Gasteiger charge is 2.28. The highest BCUT2D eigenvalue weighted by atomic mass is 15.2. The van der Waals surface area contributed by atoms with Crippen molar-refractivity contribution in [2.24, 2.45) is 11.8 Å². The highest BCUT2D eigenvalue weighted by Crippen LogP contribution is 2.31. The van der Waals surface area contributed by atoms with Crippen LogP contribution in [-0.4, -0.2) is 37.1 Å². The fourth-order valence-corrected chi connectivity index (χ4v) is 3.84. The first-order valence-corrected chi connectivity index (χ1v) is 8.28. The molecule has 1 heterocycles. The van der Waals surface area contributed by atoms with Crippen LogP contribution < -0.4 is 5.32 Å². The zero-order valence-electron chi connectivity index (χ0n) is 12.5. The molecule has 1 N–H and O–H groups in total. The van der Waals surface area contributed by atoms with E-state index in [0.29, 0.717) is 0 Å². The molecule has 1 aliphatic carbocycles. The predicted molar refractivity (Wildman–Crippen MR) is 78.9 cm³/mol. The zero-order chi connectivity index (χ0) is 12.8. The molecule has 2 nitrogen and oxygen atoms in total. The quantitative estimate of drug-likeness (QED) is 0.808. The SMILES string of the molecule is CCNCC1CCN(C2CCCC(CC)C2)CC1. The van der Waals surface area contributed by atoms with Crippen molar-refractivity contribution in [3.63, 3.8) is 0 Å². The summed E-state index contributed by atoms with van der Waals surface area (Å²) in [6.45, 7) is 9.67. The van der Waals surface area contributed by atoms with Gasteiger partial charge in [0, 0.05) is 6.04 Å². The van der Waals surface area contributed by atoms with Crippen molar-refractivity contribution in [1.82, 2.24) is 10.2 Å². The lowest BCUT2D eigenvalue weighted by molar-refractivity contribution is 0.0886. The van der Waals surface area contributed by atoms with E-state index < -0.39 is 0 Å². The molecule has 0 spiro atoms. The van der Waals surface area contributed by atoms with Crippen molar-refractivity contribution in [2.45, 2.75) is 64.8 Å². The maximum absolute atomic E-state index is 3.51. The molecule has 18 heavy (non-hydrogen) atoms. The normalized spacial score (nSPS) is 31.7. The number of nitrogens with one attached hydrogen (secondary N) is 1. The summed E-state index contributed by atoms with van der Waals surface area (Å²) in [5.74, 6) is 1.95. The summed E-state index contributed by atoms with van der Waals surface area (Å²) in [7, 11) is 0. The van der Waals surface area contributed by atoms with Gasteiger partial charge in [0.1, 0.15) is 0 Å². The molecule has 1 saturated heterocycles. The Morgan fingerprint density at radius 1 is 1.00 bits per heavy atom. The van der Waals surface area contributed by atoms with Gasteiger partial charge in [0.15, 0.2) is 0 Å². The Morgan fingerprint density at radius 2 is 1.78 bits per heavy atom. The molecular formula is C16H32N2. The Kier molecular flexibility index (Phi) is 5.97. The Morgan fingerprint density at radius 3 is 2.44 bits per heavy atom. The fourth-order valence-electron chi connectivity index (χ4n) is 3.84. The molecule has 2 rings (SSSR count). The molecule has 2 fully saturated rings. The van der Waals surface area contributed by atoms with Gasteiger partial charge in [-0.15, -0.1) is 0 Å². The van der Waals surface area contributed by atoms with Gasteiger partial charge in [-0.3, -0.25) is 0 Å². The number of rotatable bonds is 5. The second-order valence-electron chi connectivity index (χ2n) is 6.38. The van der Waals surface area contributed by atoms with Crippen molar-refractivity contribution < 1.29 is 0 Å². The zero-order valence-corrected chi connectivity index (χ0v) is 12.5. The molecule has 0 amide bonds. The highest BCUT2D eigenvalue weighted by molar-refractivity contribution is 4.83. The lowest BCUT2D eigenvalue weighted by Crippen LogP contribution is -2.45. The van der Waals surface area contributed by atoms with Crippen LogP contribution in [0.25, 0.3) is 0 Å². The summed E-state index contributed by atoms with van der Waals surface area (Å²) in [4.78, 5) is 2.81. The fraction of sp³-hybridized carbons (Fsp3) is 1.00. The smallest absolute Gasteiger partial charge is 0.00978 e. The molecule has 0 radical (unpaired) electrons. The third-order valence-corrected chi connectivity index (χ3v) is 5.18. The molecular weight excluding hydrogens is 220 g/mol. The molecule has 2 aliphatic rings. The Balaban J connectivity index is 1.72. The topological polar surface area (TPSA) is 15.3 Å². The van der Waals surface area contributed by atoms with Gasteiger partial charge in [-0.1, -0.05) is 33.1 Å². The van der Waals surface area contributed by atoms with E-state index >= 15 is 0 Å². The monoisotopic (exact) mass is 252 g/mol. The van der Waals surface area contributed by atoms with Gasteiger partial charge in [0.2, 0.25) is 0 Å². The third kappa shape index (κ3) is 3.96. The first kappa shape index (κ1) is 14.3. The minimum atomic E-state index is 0.920. The van der Waals surface area contributed by atoms with Crippen molar-refractivity contribution in [2.75, 3.05) is 26.2 Å². The maximum atomic E-state index is 3.51. The molecule has 2 unspecified atom stereocenters. The molecule has 2 atom stereocenters. The minimum absolute atomic E-state index is 0.920. The van der Waals surface area contributed by atoms with Crippen LogP contribution in [0.2, 0.25) is 0 Å². The molecule has 0 aromatic carbocycles. The van der Waals surface area contributed by atoms with E-state index in [2.05, 4.69) is 24.1 Å². The number of nitrogens with zero attached hydrogens (tertiary/aromatic N) is 1. The molecule has 0 aromatic rings. The van der Waals surface area contributed by atoms with Gasteiger partial charge in [0.05, 0.1) is 0 Å². The van der Waals surface area contributed by atoms with Crippen LogP contribution in [0.15, 0.2) is 0 Å². The average Bonchev–Trinajstić information content (AvgIpc) is 2.46. The van der Waals surface area contributed by atoms with E-state index in [1.165, 1.54) is 64.6 Å². The number of piperidine rings is 1. The first-order chi connectivity index (χ1) is 8.83. The summed E-state index contributed by atoms with van der Waals surface area (Å²) in [5, 5.41) is 3.51. The second-order valence-corrected chi connectivity index (χ2v) is 6.38. The summed E-state index contributed by atoms with van der Waals surface area (Å²) in [6, 6.07) is 0.920. The summed E-state index contributed by atoms with van der Waals surface area (Å²) in [6.07, 6.45) is 10.1. The van der Waals surface area contributed by atoms with E-state index in [0.717, 1.165) is 24.4 Å². The second kappa shape index (κ2) is 7.49. The van der Waals surface area contributed by atoms with Gasteiger partial charge in [-0.2, -0.15) is 0 Å². The average molecular weight is 252 g/mol. The molecule has 1 saturated carbocycles. The Labute approximate surface area is 114 Å². The van der Waals surface area contributed by atoms with Gasteiger partial charge < -0.3 is 10.2 Å². The van der Waals surface area contributed by atoms with Gasteiger partial charge >= 0.3 is 0 Å². The molecule has 106 valence electrons. The van der Waals surface area contributed by atoms with E-state index in [4.69, 9.17) is 0 Å². The van der Waals surface area contributed by atoms with Gasteiger partial charge in [-0.05, 0) is 63.7 Å². The standard InChI is InChI=1S/C16H32N2/c1-3-14-6-5-7-16(12-14)18-10-8-15(9-11-18)13-17-4-2/h14-17H,3-13H2,1-2H3. The lowest BCUT2D eigenvalue weighted by Gasteiger charge is -2.41. The van der Waals surface area contributed by atoms with E-state index in [1.807, 2.05) is 0 Å².